The van der Waals surface area contributed by atoms with Crippen LogP contribution in [0.3, 0.4) is 0 Å². The first-order chi connectivity index (χ1) is 11.8. The first kappa shape index (κ1) is 18.8. The number of benzene rings is 1. The Balaban J connectivity index is 2.13. The molecule has 0 radical (unpaired) electrons. The van der Waals surface area contributed by atoms with Gasteiger partial charge in [0.05, 0.1) is 6.54 Å². The highest BCUT2D eigenvalue weighted by Gasteiger charge is 2.12. The molecule has 0 spiro atoms. The average Bonchev–Trinajstić information content (AvgIpc) is 2.59. The number of sulfonamides is 1. The molecule has 2 rings (SSSR count). The van der Waals surface area contributed by atoms with Gasteiger partial charge in [-0.25, -0.2) is 13.1 Å². The number of hydrogen-bond acceptors (Lipinski definition) is 7. The van der Waals surface area contributed by atoms with Crippen LogP contribution in [0.2, 0.25) is 0 Å². The number of nitrogens with one attached hydrogen (secondary N) is 1. The van der Waals surface area contributed by atoms with Gasteiger partial charge in [0.1, 0.15) is 0 Å². The van der Waals surface area contributed by atoms with E-state index < -0.39 is 10.0 Å². The summed E-state index contributed by atoms with van der Waals surface area (Å²) in [6.45, 7) is -0.0222. The normalized spacial score (nSPS) is 11.7. The number of nitrogens with zero attached hydrogens (tertiary/aromatic N) is 5. The summed E-state index contributed by atoms with van der Waals surface area (Å²) in [5.74, 6) is 1.28. The minimum absolute atomic E-state index is 0.0222. The summed E-state index contributed by atoms with van der Waals surface area (Å²) in [5, 5.41) is 1.13. The van der Waals surface area contributed by atoms with Crippen molar-refractivity contribution in [2.75, 3.05) is 38.0 Å². The van der Waals surface area contributed by atoms with E-state index in [1.165, 1.54) is 6.08 Å². The zero-order valence-corrected chi connectivity index (χ0v) is 15.5. The van der Waals surface area contributed by atoms with E-state index in [0.717, 1.165) is 11.0 Å². The van der Waals surface area contributed by atoms with Crippen LogP contribution >= 0.6 is 0 Å². The van der Waals surface area contributed by atoms with Gasteiger partial charge >= 0.3 is 0 Å². The second-order valence-corrected chi connectivity index (χ2v) is 7.37. The van der Waals surface area contributed by atoms with Crippen LogP contribution in [0.4, 0.5) is 11.9 Å². The molecule has 25 heavy (non-hydrogen) atoms. The number of rotatable bonds is 7. The fourth-order valence-corrected chi connectivity index (χ4v) is 2.58. The van der Waals surface area contributed by atoms with Crippen LogP contribution in [-0.2, 0) is 16.6 Å². The van der Waals surface area contributed by atoms with Crippen LogP contribution in [0.1, 0.15) is 11.4 Å². The van der Waals surface area contributed by atoms with Gasteiger partial charge in [-0.05, 0) is 11.6 Å². The summed E-state index contributed by atoms with van der Waals surface area (Å²) < 4.78 is 26.7. The number of aromatic nitrogens is 3. The minimum atomic E-state index is -3.60. The summed E-state index contributed by atoms with van der Waals surface area (Å²) in [7, 11) is 3.64. The lowest BCUT2D eigenvalue weighted by Gasteiger charge is -2.16. The Morgan fingerprint density at radius 2 is 1.52 bits per heavy atom. The van der Waals surface area contributed by atoms with Gasteiger partial charge in [-0.2, -0.15) is 15.0 Å². The van der Waals surface area contributed by atoms with Crippen molar-refractivity contribution < 1.29 is 8.42 Å². The monoisotopic (exact) mass is 362 g/mol. The Morgan fingerprint density at radius 1 is 0.960 bits per heavy atom. The fourth-order valence-electron chi connectivity index (χ4n) is 1.82. The molecule has 1 aromatic carbocycles. The van der Waals surface area contributed by atoms with E-state index in [1.54, 1.807) is 9.80 Å². The Kier molecular flexibility index (Phi) is 6.05. The highest BCUT2D eigenvalue weighted by molar-refractivity contribution is 7.92. The molecule has 0 fully saturated rings. The maximum atomic E-state index is 12.1. The Hall–Kier alpha value is -2.52. The SMILES string of the molecule is CN(C)c1nc(CNS(=O)(=O)/C=C/c2ccccc2)nc(N(C)C)n1. The van der Waals surface area contributed by atoms with E-state index in [1.807, 2.05) is 58.5 Å². The van der Waals surface area contributed by atoms with Crippen molar-refractivity contribution in [3.05, 3.63) is 47.1 Å². The van der Waals surface area contributed by atoms with Crippen LogP contribution in [0.25, 0.3) is 6.08 Å². The lowest BCUT2D eigenvalue weighted by Crippen LogP contribution is -2.25. The molecule has 9 heteroatoms. The van der Waals surface area contributed by atoms with Gasteiger partial charge in [0, 0.05) is 33.6 Å². The molecule has 0 saturated heterocycles. The molecule has 1 N–H and O–H groups in total. The van der Waals surface area contributed by atoms with Gasteiger partial charge in [0.15, 0.2) is 5.82 Å². The highest BCUT2D eigenvalue weighted by atomic mass is 32.2. The quantitative estimate of drug-likeness (QED) is 0.788. The van der Waals surface area contributed by atoms with Gasteiger partial charge < -0.3 is 9.80 Å². The molecule has 1 heterocycles. The van der Waals surface area contributed by atoms with Gasteiger partial charge in [0.2, 0.25) is 21.9 Å². The Labute approximate surface area is 148 Å². The van der Waals surface area contributed by atoms with E-state index in [0.29, 0.717) is 17.7 Å². The lowest BCUT2D eigenvalue weighted by molar-refractivity contribution is 0.588. The van der Waals surface area contributed by atoms with Crippen LogP contribution in [0, 0.1) is 0 Å². The molecule has 0 aliphatic rings. The average molecular weight is 362 g/mol. The van der Waals surface area contributed by atoms with E-state index in [9.17, 15) is 8.42 Å². The molecule has 0 saturated carbocycles. The Morgan fingerprint density at radius 3 is 2.04 bits per heavy atom. The molecule has 1 aromatic heterocycles. The zero-order valence-electron chi connectivity index (χ0n) is 14.7. The third-order valence-electron chi connectivity index (χ3n) is 3.13. The molecule has 0 amide bonds. The van der Waals surface area contributed by atoms with E-state index in [4.69, 9.17) is 0 Å². The van der Waals surface area contributed by atoms with Crippen LogP contribution in [0.15, 0.2) is 35.7 Å². The molecule has 134 valence electrons. The smallest absolute Gasteiger partial charge is 0.234 e. The van der Waals surface area contributed by atoms with Crippen molar-refractivity contribution in [3.8, 4) is 0 Å². The highest BCUT2D eigenvalue weighted by Crippen LogP contribution is 2.10. The van der Waals surface area contributed by atoms with E-state index in [-0.39, 0.29) is 6.54 Å². The number of hydrogen-bond donors (Lipinski definition) is 1. The largest absolute Gasteiger partial charge is 0.347 e. The maximum Gasteiger partial charge on any atom is 0.234 e. The molecule has 0 unspecified atom stereocenters. The first-order valence-corrected chi connectivity index (χ1v) is 9.14. The van der Waals surface area contributed by atoms with E-state index >= 15 is 0 Å². The summed E-state index contributed by atoms with van der Waals surface area (Å²) in [4.78, 5) is 16.3. The van der Waals surface area contributed by atoms with Crippen molar-refractivity contribution in [2.45, 2.75) is 6.54 Å². The van der Waals surface area contributed by atoms with Crippen molar-refractivity contribution in [2.24, 2.45) is 0 Å². The molecular formula is C16H22N6O2S. The molecular weight excluding hydrogens is 340 g/mol. The predicted molar refractivity (Wildman–Crippen MR) is 99.7 cm³/mol. The van der Waals surface area contributed by atoms with Gasteiger partial charge in [0.25, 0.3) is 0 Å². The topological polar surface area (TPSA) is 91.3 Å². The third-order valence-corrected chi connectivity index (χ3v) is 4.17. The second-order valence-electron chi connectivity index (χ2n) is 5.72. The maximum absolute atomic E-state index is 12.1. The summed E-state index contributed by atoms with van der Waals surface area (Å²) >= 11 is 0. The van der Waals surface area contributed by atoms with Crippen molar-refractivity contribution >= 4 is 28.0 Å². The van der Waals surface area contributed by atoms with Crippen LogP contribution in [-0.4, -0.2) is 51.6 Å². The standard InChI is InChI=1S/C16H22N6O2S/c1-21(2)15-18-14(19-16(20-15)22(3)4)12-17-25(23,24)11-10-13-8-6-5-7-9-13/h5-11,17H,12H2,1-4H3/b11-10+. The van der Waals surface area contributed by atoms with E-state index in [2.05, 4.69) is 19.7 Å². The van der Waals surface area contributed by atoms with Crippen molar-refractivity contribution in [1.82, 2.24) is 19.7 Å². The molecule has 0 atom stereocenters. The first-order valence-electron chi connectivity index (χ1n) is 7.59. The van der Waals surface area contributed by atoms with Crippen LogP contribution < -0.4 is 14.5 Å². The lowest BCUT2D eigenvalue weighted by atomic mass is 10.2. The molecule has 0 aliphatic carbocycles. The van der Waals surface area contributed by atoms with Crippen molar-refractivity contribution in [3.63, 3.8) is 0 Å². The number of anilines is 2. The summed E-state index contributed by atoms with van der Waals surface area (Å²) in [6.07, 6.45) is 1.53. The van der Waals surface area contributed by atoms with Crippen LogP contribution in [0.5, 0.6) is 0 Å². The molecule has 0 aliphatic heterocycles. The van der Waals surface area contributed by atoms with Gasteiger partial charge in [-0.1, -0.05) is 30.3 Å². The van der Waals surface area contributed by atoms with Gasteiger partial charge in [-0.15, -0.1) is 0 Å². The molecule has 2 aromatic rings. The minimum Gasteiger partial charge on any atom is -0.347 e. The fraction of sp³-hybridized carbons (Fsp3) is 0.312. The third kappa shape index (κ3) is 5.80. The van der Waals surface area contributed by atoms with Crippen molar-refractivity contribution in [1.29, 1.82) is 0 Å². The summed E-state index contributed by atoms with van der Waals surface area (Å²) in [5.41, 5.74) is 0.804. The molecule has 0 bridgehead atoms. The predicted octanol–water partition coefficient (Wildman–Crippen LogP) is 1.09. The summed E-state index contributed by atoms with van der Waals surface area (Å²) in [6, 6.07) is 9.21. The second kappa shape index (κ2) is 8.04. The zero-order chi connectivity index (χ0) is 18.4. The van der Waals surface area contributed by atoms with Gasteiger partial charge in [-0.3, -0.25) is 0 Å². The Bertz CT molecular complexity index is 809. The molecule has 8 nitrogen and oxygen atoms in total.